The lowest BCUT2D eigenvalue weighted by Gasteiger charge is -2.24. The smallest absolute Gasteiger partial charge is 0.414 e. The van der Waals surface area contributed by atoms with Gasteiger partial charge in [0.2, 0.25) is 5.95 Å². The second-order valence-corrected chi connectivity index (χ2v) is 8.66. The van der Waals surface area contributed by atoms with E-state index in [1.165, 1.54) is 35.0 Å². The number of aromatic nitrogens is 2. The fraction of sp³-hybridized carbons (Fsp3) is 0.440. The zero-order valence-electron chi connectivity index (χ0n) is 19.6. The maximum atomic E-state index is 12.0. The van der Waals surface area contributed by atoms with Gasteiger partial charge in [-0.2, -0.15) is 0 Å². The Bertz CT molecular complexity index is 995. The summed E-state index contributed by atoms with van der Waals surface area (Å²) in [4.78, 5) is 41.2. The van der Waals surface area contributed by atoms with Crippen molar-refractivity contribution < 1.29 is 24.3 Å². The molecule has 1 unspecified atom stereocenters. The number of amides is 2. The third kappa shape index (κ3) is 7.32. The fourth-order valence-corrected chi connectivity index (χ4v) is 4.24. The minimum absolute atomic E-state index is 0.131. The normalized spacial score (nSPS) is 20.7. The molecule has 2 saturated heterocycles. The van der Waals surface area contributed by atoms with Gasteiger partial charge in [0.1, 0.15) is 0 Å². The number of carboxylic acid groups (broad SMARTS) is 1. The van der Waals surface area contributed by atoms with Crippen LogP contribution in [0.25, 0.3) is 6.08 Å². The Kier molecular flexibility index (Phi) is 8.77. The summed E-state index contributed by atoms with van der Waals surface area (Å²) in [6.45, 7) is 2.96. The number of benzene rings is 1. The molecule has 10 heteroatoms. The largest absolute Gasteiger partial charge is 0.465 e. The van der Waals surface area contributed by atoms with Gasteiger partial charge in [0, 0.05) is 56.7 Å². The Labute approximate surface area is 204 Å². The van der Waals surface area contributed by atoms with E-state index in [9.17, 15) is 14.7 Å². The van der Waals surface area contributed by atoms with E-state index in [0.717, 1.165) is 45.2 Å². The van der Waals surface area contributed by atoms with Crippen molar-refractivity contribution in [3.8, 4) is 0 Å². The fourth-order valence-electron chi connectivity index (χ4n) is 4.24. The molecule has 2 atom stereocenters. The Balaban J connectivity index is 1.28. The van der Waals surface area contributed by atoms with Gasteiger partial charge >= 0.3 is 6.09 Å². The summed E-state index contributed by atoms with van der Waals surface area (Å²) in [6.07, 6.45) is 8.71. The third-order valence-electron chi connectivity index (χ3n) is 6.11. The summed E-state index contributed by atoms with van der Waals surface area (Å²) in [7, 11) is 0. The predicted molar refractivity (Wildman–Crippen MR) is 129 cm³/mol. The van der Waals surface area contributed by atoms with Crippen LogP contribution >= 0.6 is 0 Å². The molecule has 2 amide bonds. The monoisotopic (exact) mass is 481 g/mol. The van der Waals surface area contributed by atoms with Gasteiger partial charge in [0.15, 0.2) is 6.29 Å². The molecule has 0 aliphatic carbocycles. The summed E-state index contributed by atoms with van der Waals surface area (Å²) < 4.78 is 5.39. The first-order chi connectivity index (χ1) is 17.1. The molecule has 0 radical (unpaired) electrons. The number of likely N-dealkylation sites (tertiary alicyclic amines) is 1. The van der Waals surface area contributed by atoms with Crippen molar-refractivity contribution in [2.24, 2.45) is 0 Å². The first kappa shape index (κ1) is 24.8. The van der Waals surface area contributed by atoms with E-state index >= 15 is 0 Å². The molecule has 2 fully saturated rings. The molecule has 3 heterocycles. The van der Waals surface area contributed by atoms with E-state index in [2.05, 4.69) is 32.5 Å². The Morgan fingerprint density at radius 3 is 2.71 bits per heavy atom. The van der Waals surface area contributed by atoms with E-state index in [4.69, 9.17) is 9.57 Å². The van der Waals surface area contributed by atoms with Gasteiger partial charge in [0.25, 0.3) is 5.91 Å². The first-order valence-corrected chi connectivity index (χ1v) is 11.9. The average molecular weight is 482 g/mol. The van der Waals surface area contributed by atoms with Crippen molar-refractivity contribution in [2.75, 3.05) is 31.1 Å². The summed E-state index contributed by atoms with van der Waals surface area (Å²) in [5.41, 5.74) is 4.18. The highest BCUT2D eigenvalue weighted by Gasteiger charge is 2.33. The molecule has 0 saturated carbocycles. The van der Waals surface area contributed by atoms with Crippen LogP contribution in [-0.4, -0.2) is 70.5 Å². The zero-order chi connectivity index (χ0) is 24.5. The number of hydrogen-bond acceptors (Lipinski definition) is 7. The molecule has 0 bridgehead atoms. The molecule has 186 valence electrons. The number of nitrogens with one attached hydrogen (secondary N) is 1. The molecular weight excluding hydrogens is 450 g/mol. The van der Waals surface area contributed by atoms with Gasteiger partial charge in [-0.25, -0.2) is 30.0 Å². The van der Waals surface area contributed by atoms with Crippen LogP contribution in [0.5, 0.6) is 0 Å². The number of carbonyl (C=O) groups excluding carboxylic acids is 1. The topological polar surface area (TPSA) is 117 Å². The van der Waals surface area contributed by atoms with Crippen molar-refractivity contribution in [1.82, 2.24) is 20.3 Å². The number of carbonyl (C=O) groups is 2. The highest BCUT2D eigenvalue weighted by atomic mass is 16.8. The average Bonchev–Trinajstić information content (AvgIpc) is 3.35. The molecule has 1 aromatic heterocycles. The van der Waals surface area contributed by atoms with Gasteiger partial charge in [-0.1, -0.05) is 30.3 Å². The maximum absolute atomic E-state index is 12.0. The van der Waals surface area contributed by atoms with Crippen LogP contribution in [0.3, 0.4) is 0 Å². The van der Waals surface area contributed by atoms with Crippen LogP contribution in [-0.2, 0) is 20.8 Å². The molecule has 2 aromatic rings. The minimum Gasteiger partial charge on any atom is -0.465 e. The molecule has 1 aromatic carbocycles. The van der Waals surface area contributed by atoms with Gasteiger partial charge in [0.05, 0.1) is 6.04 Å². The Morgan fingerprint density at radius 1 is 1.20 bits per heavy atom. The predicted octanol–water partition coefficient (Wildman–Crippen LogP) is 2.87. The summed E-state index contributed by atoms with van der Waals surface area (Å²) in [6, 6.07) is 10.0. The summed E-state index contributed by atoms with van der Waals surface area (Å²) in [5, 5.41) is 9.83. The molecule has 4 rings (SSSR count). The highest BCUT2D eigenvalue weighted by Crippen LogP contribution is 2.21. The van der Waals surface area contributed by atoms with E-state index in [1.54, 1.807) is 0 Å². The summed E-state index contributed by atoms with van der Waals surface area (Å²) >= 11 is 0. The quantitative estimate of drug-likeness (QED) is 0.415. The number of anilines is 1. The number of nitrogens with zero attached hydrogens (tertiary/aromatic N) is 4. The number of ether oxygens (including phenoxy) is 1. The van der Waals surface area contributed by atoms with E-state index in [0.29, 0.717) is 18.7 Å². The van der Waals surface area contributed by atoms with E-state index in [1.807, 2.05) is 18.2 Å². The van der Waals surface area contributed by atoms with Gasteiger partial charge in [-0.15, -0.1) is 0 Å². The minimum atomic E-state index is -1.08. The third-order valence-corrected chi connectivity index (χ3v) is 6.11. The Hall–Kier alpha value is -3.34. The zero-order valence-corrected chi connectivity index (χ0v) is 19.6. The number of hydroxylamine groups is 1. The molecule has 10 nitrogen and oxygen atoms in total. The van der Waals surface area contributed by atoms with Crippen molar-refractivity contribution in [2.45, 2.75) is 44.4 Å². The lowest BCUT2D eigenvalue weighted by molar-refractivity contribution is -0.198. The second-order valence-electron chi connectivity index (χ2n) is 8.66. The van der Waals surface area contributed by atoms with Gasteiger partial charge < -0.3 is 14.7 Å². The molecule has 2 aliphatic rings. The van der Waals surface area contributed by atoms with E-state index < -0.39 is 18.3 Å². The van der Waals surface area contributed by atoms with Gasteiger partial charge in [-0.3, -0.25) is 4.79 Å². The van der Waals surface area contributed by atoms with Crippen molar-refractivity contribution >= 4 is 24.0 Å². The summed E-state index contributed by atoms with van der Waals surface area (Å²) in [5.74, 6) is -0.302. The maximum Gasteiger partial charge on any atom is 0.414 e. The van der Waals surface area contributed by atoms with Crippen LogP contribution < -0.4 is 10.4 Å². The van der Waals surface area contributed by atoms with Gasteiger partial charge in [-0.05, 0) is 37.3 Å². The number of rotatable bonds is 9. The van der Waals surface area contributed by atoms with Crippen molar-refractivity contribution in [1.29, 1.82) is 0 Å². The lowest BCUT2D eigenvalue weighted by atomic mass is 10.1. The van der Waals surface area contributed by atoms with Crippen LogP contribution in [0.2, 0.25) is 0 Å². The van der Waals surface area contributed by atoms with Crippen LogP contribution in [0, 0.1) is 0 Å². The molecule has 35 heavy (non-hydrogen) atoms. The molecule has 0 spiro atoms. The number of hydrogen-bond donors (Lipinski definition) is 2. The van der Waals surface area contributed by atoms with Crippen molar-refractivity contribution in [3.05, 3.63) is 59.9 Å². The van der Waals surface area contributed by atoms with Crippen molar-refractivity contribution in [3.63, 3.8) is 0 Å². The molecular formula is C25H31N5O5. The standard InChI is InChI=1S/C25H31N5O5/c31-22(28-35-23-8-4-5-15-34-23)10-9-20-16-26-24(27-17-20)30(25(32)33)21-12-14-29(18-21)13-11-19-6-2-1-3-7-19/h1-3,6-7,9-10,16-17,21,23H,4-5,8,11-15,18H2,(H,28,31)(H,32,33)/t21-,23?/m1/s1. The SMILES string of the molecule is O=C(C=Cc1cnc(N(C(=O)O)[C@@H]2CCN(CCc3ccccc3)C2)nc1)NOC1CCCCO1. The molecule has 2 aliphatic heterocycles. The first-order valence-electron chi connectivity index (χ1n) is 11.9. The highest BCUT2D eigenvalue weighted by molar-refractivity contribution is 5.91. The van der Waals surface area contributed by atoms with Crippen LogP contribution in [0.15, 0.2) is 48.8 Å². The second kappa shape index (κ2) is 12.4. The Morgan fingerprint density at radius 2 is 2.00 bits per heavy atom. The molecule has 2 N–H and O–H groups in total. The van der Waals surface area contributed by atoms with E-state index in [-0.39, 0.29) is 12.0 Å². The van der Waals surface area contributed by atoms with Crippen LogP contribution in [0.1, 0.15) is 36.8 Å². The lowest BCUT2D eigenvalue weighted by Crippen LogP contribution is -2.42. The van der Waals surface area contributed by atoms with Crippen LogP contribution in [0.4, 0.5) is 10.7 Å².